The lowest BCUT2D eigenvalue weighted by Gasteiger charge is -2.19. The van der Waals surface area contributed by atoms with Crippen LogP contribution in [0.3, 0.4) is 0 Å². The number of nitrogens with one attached hydrogen (secondary N) is 2. The maximum Gasteiger partial charge on any atom is 0.407 e. The van der Waals surface area contributed by atoms with E-state index in [9.17, 15) is 4.79 Å². The number of aromatic nitrogens is 2. The number of aryl methyl sites for hydroxylation is 2. The lowest BCUT2D eigenvalue weighted by molar-refractivity contribution is 0.0530. The first-order valence-electron chi connectivity index (χ1n) is 8.56. The molecule has 4 N–H and O–H groups in total. The van der Waals surface area contributed by atoms with Crippen LogP contribution in [0.25, 0.3) is 11.3 Å². The van der Waals surface area contributed by atoms with Crippen molar-refractivity contribution in [3.05, 3.63) is 35.4 Å². The SMILES string of the molecule is Cc1cc(C)cc(-c2cc(NCCNC(=O)OC(C)(C)C)nc(N)n2)c1. The van der Waals surface area contributed by atoms with Gasteiger partial charge in [-0.3, -0.25) is 0 Å². The van der Waals surface area contributed by atoms with Gasteiger partial charge in [0.2, 0.25) is 5.95 Å². The quantitative estimate of drug-likeness (QED) is 0.710. The van der Waals surface area contributed by atoms with Gasteiger partial charge in [-0.1, -0.05) is 17.2 Å². The number of rotatable bonds is 5. The summed E-state index contributed by atoms with van der Waals surface area (Å²) in [6.45, 7) is 10.4. The van der Waals surface area contributed by atoms with Crippen molar-refractivity contribution in [2.45, 2.75) is 40.2 Å². The molecule has 2 rings (SSSR count). The Labute approximate surface area is 154 Å². The molecule has 0 spiro atoms. The average Bonchev–Trinajstić information content (AvgIpc) is 2.48. The largest absolute Gasteiger partial charge is 0.444 e. The van der Waals surface area contributed by atoms with Crippen molar-refractivity contribution in [1.29, 1.82) is 0 Å². The van der Waals surface area contributed by atoms with E-state index in [4.69, 9.17) is 10.5 Å². The van der Waals surface area contributed by atoms with E-state index in [0.717, 1.165) is 22.4 Å². The minimum absolute atomic E-state index is 0.198. The van der Waals surface area contributed by atoms with E-state index in [0.29, 0.717) is 18.9 Å². The fourth-order valence-electron chi connectivity index (χ4n) is 2.50. The zero-order chi connectivity index (χ0) is 19.3. The Morgan fingerprint density at radius 3 is 2.35 bits per heavy atom. The molecule has 1 aromatic carbocycles. The molecule has 1 aromatic heterocycles. The van der Waals surface area contributed by atoms with Crippen molar-refractivity contribution < 1.29 is 9.53 Å². The van der Waals surface area contributed by atoms with Gasteiger partial charge < -0.3 is 21.1 Å². The summed E-state index contributed by atoms with van der Waals surface area (Å²) in [5.74, 6) is 0.807. The first-order valence-corrected chi connectivity index (χ1v) is 8.56. The Morgan fingerprint density at radius 2 is 1.73 bits per heavy atom. The van der Waals surface area contributed by atoms with Crippen molar-refractivity contribution >= 4 is 17.9 Å². The van der Waals surface area contributed by atoms with Gasteiger partial charge in [0.05, 0.1) is 5.69 Å². The normalized spacial score (nSPS) is 11.1. The summed E-state index contributed by atoms with van der Waals surface area (Å²) in [4.78, 5) is 20.1. The Morgan fingerprint density at radius 1 is 1.08 bits per heavy atom. The summed E-state index contributed by atoms with van der Waals surface area (Å²) < 4.78 is 5.18. The first-order chi connectivity index (χ1) is 12.1. The van der Waals surface area contributed by atoms with Crippen LogP contribution in [0.5, 0.6) is 0 Å². The molecule has 0 aliphatic rings. The predicted molar refractivity (Wildman–Crippen MR) is 104 cm³/mol. The fourth-order valence-corrected chi connectivity index (χ4v) is 2.50. The zero-order valence-corrected chi connectivity index (χ0v) is 16.0. The smallest absolute Gasteiger partial charge is 0.407 e. The Kier molecular flexibility index (Phi) is 6.02. The number of carbonyl (C=O) groups excluding carboxylic acids is 1. The molecule has 140 valence electrons. The van der Waals surface area contributed by atoms with Crippen LogP contribution in [0.15, 0.2) is 24.3 Å². The number of benzene rings is 1. The van der Waals surface area contributed by atoms with Crippen LogP contribution in [0.4, 0.5) is 16.6 Å². The molecule has 0 aliphatic heterocycles. The highest BCUT2D eigenvalue weighted by molar-refractivity contribution is 5.68. The molecule has 0 saturated heterocycles. The molecule has 1 amide bonds. The van der Waals surface area contributed by atoms with Crippen LogP contribution in [-0.2, 0) is 4.74 Å². The number of nitrogen functional groups attached to an aromatic ring is 1. The van der Waals surface area contributed by atoms with Crippen molar-refractivity contribution in [3.8, 4) is 11.3 Å². The molecular weight excluding hydrogens is 330 g/mol. The van der Waals surface area contributed by atoms with Crippen LogP contribution < -0.4 is 16.4 Å². The third-order valence-electron chi connectivity index (χ3n) is 3.36. The van der Waals surface area contributed by atoms with E-state index in [2.05, 4.69) is 38.8 Å². The van der Waals surface area contributed by atoms with Gasteiger partial charge in [-0.15, -0.1) is 0 Å². The monoisotopic (exact) mass is 357 g/mol. The van der Waals surface area contributed by atoms with Crippen molar-refractivity contribution in [3.63, 3.8) is 0 Å². The molecular formula is C19H27N5O2. The zero-order valence-electron chi connectivity index (χ0n) is 16.0. The lowest BCUT2D eigenvalue weighted by Crippen LogP contribution is -2.35. The van der Waals surface area contributed by atoms with Gasteiger partial charge >= 0.3 is 6.09 Å². The number of nitrogens with zero attached hydrogens (tertiary/aromatic N) is 2. The number of anilines is 2. The second-order valence-electron chi connectivity index (χ2n) is 7.23. The molecule has 0 radical (unpaired) electrons. The Balaban J connectivity index is 1.98. The summed E-state index contributed by atoms with van der Waals surface area (Å²) in [6.07, 6.45) is -0.447. The number of amides is 1. The first kappa shape index (κ1) is 19.5. The van der Waals surface area contributed by atoms with E-state index < -0.39 is 11.7 Å². The minimum Gasteiger partial charge on any atom is -0.444 e. The summed E-state index contributed by atoms with van der Waals surface area (Å²) in [7, 11) is 0. The lowest BCUT2D eigenvalue weighted by atomic mass is 10.0. The Bertz CT molecular complexity index is 764. The van der Waals surface area contributed by atoms with Gasteiger partial charge in [0.1, 0.15) is 11.4 Å². The maximum atomic E-state index is 11.6. The van der Waals surface area contributed by atoms with Crippen LogP contribution >= 0.6 is 0 Å². The molecule has 26 heavy (non-hydrogen) atoms. The van der Waals surface area contributed by atoms with Gasteiger partial charge in [-0.2, -0.15) is 4.98 Å². The van der Waals surface area contributed by atoms with E-state index in [1.54, 1.807) is 0 Å². The summed E-state index contributed by atoms with van der Waals surface area (Å²) in [6, 6.07) is 8.07. The molecule has 0 atom stereocenters. The second kappa shape index (κ2) is 8.03. The van der Waals surface area contributed by atoms with Crippen LogP contribution in [0.2, 0.25) is 0 Å². The summed E-state index contributed by atoms with van der Waals surface area (Å²) in [5, 5.41) is 5.83. The van der Waals surface area contributed by atoms with Crippen LogP contribution in [0.1, 0.15) is 31.9 Å². The molecule has 0 unspecified atom stereocenters. The number of hydrogen-bond acceptors (Lipinski definition) is 6. The van der Waals surface area contributed by atoms with Gasteiger partial charge in [0.25, 0.3) is 0 Å². The predicted octanol–water partition coefficient (Wildman–Crippen LogP) is 3.28. The third-order valence-corrected chi connectivity index (χ3v) is 3.36. The van der Waals surface area contributed by atoms with Gasteiger partial charge in [0.15, 0.2) is 0 Å². The van der Waals surface area contributed by atoms with Gasteiger partial charge in [-0.25, -0.2) is 9.78 Å². The topological polar surface area (TPSA) is 102 Å². The molecule has 7 heteroatoms. The van der Waals surface area contributed by atoms with Gasteiger partial charge in [0, 0.05) is 24.7 Å². The summed E-state index contributed by atoms with van der Waals surface area (Å²) >= 11 is 0. The highest BCUT2D eigenvalue weighted by Crippen LogP contribution is 2.23. The van der Waals surface area contributed by atoms with E-state index in [-0.39, 0.29) is 5.95 Å². The molecule has 7 nitrogen and oxygen atoms in total. The van der Waals surface area contributed by atoms with Crippen molar-refractivity contribution in [2.24, 2.45) is 0 Å². The maximum absolute atomic E-state index is 11.6. The Hall–Kier alpha value is -2.83. The highest BCUT2D eigenvalue weighted by Gasteiger charge is 2.15. The molecule has 0 aliphatic carbocycles. The summed E-state index contributed by atoms with van der Waals surface area (Å²) in [5.41, 5.74) is 9.40. The van der Waals surface area contributed by atoms with Gasteiger partial charge in [-0.05, 0) is 46.8 Å². The number of hydrogen-bond donors (Lipinski definition) is 3. The third kappa shape index (κ3) is 6.23. The van der Waals surface area contributed by atoms with Crippen LogP contribution in [0, 0.1) is 13.8 Å². The average molecular weight is 357 g/mol. The molecule has 0 saturated carbocycles. The van der Waals surface area contributed by atoms with Crippen LogP contribution in [-0.4, -0.2) is 34.8 Å². The number of carbonyl (C=O) groups is 1. The number of ether oxygens (including phenoxy) is 1. The number of nitrogens with two attached hydrogens (primary N) is 1. The highest BCUT2D eigenvalue weighted by atomic mass is 16.6. The number of alkyl carbamates (subject to hydrolysis) is 1. The molecule has 0 bridgehead atoms. The molecule has 0 fully saturated rings. The molecule has 2 aromatic rings. The van der Waals surface area contributed by atoms with E-state index in [1.807, 2.05) is 40.7 Å². The second-order valence-corrected chi connectivity index (χ2v) is 7.23. The van der Waals surface area contributed by atoms with Crippen molar-refractivity contribution in [2.75, 3.05) is 24.1 Å². The standard InChI is InChI=1S/C19H27N5O2/c1-12-8-13(2)10-14(9-12)15-11-16(24-17(20)23-15)21-6-7-22-18(25)26-19(3,4)5/h8-11H,6-7H2,1-5H3,(H,22,25)(H3,20,21,23,24). The van der Waals surface area contributed by atoms with E-state index >= 15 is 0 Å². The minimum atomic E-state index is -0.514. The fraction of sp³-hybridized carbons (Fsp3) is 0.421. The molecule has 1 heterocycles. The van der Waals surface area contributed by atoms with Crippen molar-refractivity contribution in [1.82, 2.24) is 15.3 Å². The van der Waals surface area contributed by atoms with E-state index in [1.165, 1.54) is 0 Å².